The highest BCUT2D eigenvalue weighted by Crippen LogP contribution is 2.24. The molecule has 0 saturated carbocycles. The van der Waals surface area contributed by atoms with Crippen molar-refractivity contribution in [2.75, 3.05) is 0 Å². The van der Waals surface area contributed by atoms with Gasteiger partial charge in [0.1, 0.15) is 6.10 Å². The van der Waals surface area contributed by atoms with E-state index in [1.165, 1.54) is 0 Å². The van der Waals surface area contributed by atoms with Gasteiger partial charge >= 0.3 is 0 Å². The summed E-state index contributed by atoms with van der Waals surface area (Å²) < 4.78 is 5.55. The molecule has 0 bridgehead atoms. The monoisotopic (exact) mass is 238 g/mol. The molecule has 0 aliphatic carbocycles. The fourth-order valence-corrected chi connectivity index (χ4v) is 2.11. The Kier molecular flexibility index (Phi) is 3.31. The van der Waals surface area contributed by atoms with Crippen LogP contribution in [0.1, 0.15) is 35.7 Å². The molecule has 1 aliphatic heterocycles. The van der Waals surface area contributed by atoms with Gasteiger partial charge < -0.3 is 4.74 Å². The first-order chi connectivity index (χ1) is 7.58. The summed E-state index contributed by atoms with van der Waals surface area (Å²) in [6.07, 6.45) is 1.67. The minimum atomic E-state index is -0.284. The van der Waals surface area contributed by atoms with E-state index in [4.69, 9.17) is 16.3 Å². The van der Waals surface area contributed by atoms with Crippen LogP contribution in [0.3, 0.4) is 0 Å². The Hall–Kier alpha value is -0.860. The van der Waals surface area contributed by atoms with Gasteiger partial charge in [-0.25, -0.2) is 0 Å². The molecule has 1 heterocycles. The van der Waals surface area contributed by atoms with Gasteiger partial charge in [-0.2, -0.15) is 0 Å². The average Bonchev–Trinajstić information content (AvgIpc) is 2.68. The molecule has 1 aromatic rings. The van der Waals surface area contributed by atoms with E-state index in [9.17, 15) is 4.79 Å². The number of ether oxygens (including phenoxy) is 1. The first-order valence-corrected chi connectivity index (χ1v) is 5.91. The van der Waals surface area contributed by atoms with Crippen LogP contribution >= 0.6 is 11.6 Å². The Morgan fingerprint density at radius 2 is 2.19 bits per heavy atom. The molecule has 0 N–H and O–H groups in total. The molecule has 1 aliphatic rings. The number of halogens is 1. The maximum Gasteiger partial charge on any atom is 0.191 e. The van der Waals surface area contributed by atoms with E-state index < -0.39 is 0 Å². The lowest BCUT2D eigenvalue weighted by molar-refractivity contribution is 0.0433. The minimum absolute atomic E-state index is 0.0475. The molecule has 2 unspecified atom stereocenters. The van der Waals surface area contributed by atoms with Crippen molar-refractivity contribution in [2.24, 2.45) is 0 Å². The quantitative estimate of drug-likeness (QED) is 0.739. The molecule has 86 valence electrons. The smallest absolute Gasteiger partial charge is 0.191 e. The topological polar surface area (TPSA) is 26.3 Å². The second-order valence-electron chi connectivity index (χ2n) is 4.34. The third-order valence-electron chi connectivity index (χ3n) is 2.98. The highest BCUT2D eigenvalue weighted by molar-refractivity contribution is 6.31. The second-order valence-corrected chi connectivity index (χ2v) is 4.75. The number of hydrogen-bond acceptors (Lipinski definition) is 2. The summed E-state index contributed by atoms with van der Waals surface area (Å²) in [6, 6.07) is 5.41. The van der Waals surface area contributed by atoms with Crippen molar-refractivity contribution < 1.29 is 9.53 Å². The van der Waals surface area contributed by atoms with Crippen LogP contribution in [-0.4, -0.2) is 18.0 Å². The third-order valence-corrected chi connectivity index (χ3v) is 3.39. The maximum atomic E-state index is 12.1. The van der Waals surface area contributed by atoms with Gasteiger partial charge in [0.25, 0.3) is 0 Å². The van der Waals surface area contributed by atoms with Crippen molar-refractivity contribution in [3.05, 3.63) is 34.3 Å². The molecule has 0 spiro atoms. The minimum Gasteiger partial charge on any atom is -0.367 e. The number of aryl methyl sites for hydroxylation is 1. The SMILES string of the molecule is Cc1ccc(C(=O)C2CCC(C)O2)cc1Cl. The summed E-state index contributed by atoms with van der Waals surface area (Å²) in [4.78, 5) is 12.1. The summed E-state index contributed by atoms with van der Waals surface area (Å²) in [5.74, 6) is 0.0475. The molecule has 3 heteroatoms. The number of ketones is 1. The number of carbonyl (C=O) groups excluding carboxylic acids is 1. The van der Waals surface area contributed by atoms with Crippen molar-refractivity contribution in [1.29, 1.82) is 0 Å². The molecule has 1 fully saturated rings. The molecule has 0 aromatic heterocycles. The normalized spacial score (nSPS) is 24.7. The lowest BCUT2D eigenvalue weighted by Crippen LogP contribution is -2.20. The van der Waals surface area contributed by atoms with Crippen LogP contribution in [0, 0.1) is 6.92 Å². The lowest BCUT2D eigenvalue weighted by Gasteiger charge is -2.10. The molecular formula is C13H15ClO2. The highest BCUT2D eigenvalue weighted by Gasteiger charge is 2.28. The Bertz CT molecular complexity index is 414. The van der Waals surface area contributed by atoms with Gasteiger partial charge in [0.2, 0.25) is 0 Å². The van der Waals surface area contributed by atoms with E-state index in [1.807, 2.05) is 26.0 Å². The first-order valence-electron chi connectivity index (χ1n) is 5.54. The van der Waals surface area contributed by atoms with Gasteiger partial charge in [-0.3, -0.25) is 4.79 Å². The number of hydrogen-bond donors (Lipinski definition) is 0. The maximum absolute atomic E-state index is 12.1. The van der Waals surface area contributed by atoms with E-state index in [0.29, 0.717) is 10.6 Å². The summed E-state index contributed by atoms with van der Waals surface area (Å²) in [7, 11) is 0. The van der Waals surface area contributed by atoms with Crippen LogP contribution in [0.2, 0.25) is 5.02 Å². The van der Waals surface area contributed by atoms with Gasteiger partial charge in [-0.05, 0) is 38.3 Å². The van der Waals surface area contributed by atoms with Gasteiger partial charge in [0, 0.05) is 10.6 Å². The Labute approximate surface area is 101 Å². The van der Waals surface area contributed by atoms with Crippen molar-refractivity contribution in [3.63, 3.8) is 0 Å². The van der Waals surface area contributed by atoms with E-state index in [0.717, 1.165) is 18.4 Å². The van der Waals surface area contributed by atoms with Crippen LogP contribution in [0.25, 0.3) is 0 Å². The zero-order valence-electron chi connectivity index (χ0n) is 9.50. The summed E-state index contributed by atoms with van der Waals surface area (Å²) in [6.45, 7) is 3.92. The van der Waals surface area contributed by atoms with Gasteiger partial charge in [-0.15, -0.1) is 0 Å². The summed E-state index contributed by atoms with van der Waals surface area (Å²) in [5.41, 5.74) is 1.63. The lowest BCUT2D eigenvalue weighted by atomic mass is 10.0. The van der Waals surface area contributed by atoms with E-state index in [2.05, 4.69) is 0 Å². The molecule has 16 heavy (non-hydrogen) atoms. The fraction of sp³-hybridized carbons (Fsp3) is 0.462. The van der Waals surface area contributed by atoms with Crippen LogP contribution in [0.15, 0.2) is 18.2 Å². The molecule has 1 saturated heterocycles. The molecule has 0 amide bonds. The Morgan fingerprint density at radius 1 is 1.44 bits per heavy atom. The molecule has 0 radical (unpaired) electrons. The Balaban J connectivity index is 2.18. The molecule has 2 rings (SSSR count). The number of rotatable bonds is 2. The third kappa shape index (κ3) is 2.28. The first kappa shape index (κ1) is 11.6. The van der Waals surface area contributed by atoms with Crippen LogP contribution in [0.5, 0.6) is 0 Å². The molecule has 2 nitrogen and oxygen atoms in total. The van der Waals surface area contributed by atoms with Crippen molar-refractivity contribution in [1.82, 2.24) is 0 Å². The standard InChI is InChI=1S/C13H15ClO2/c1-8-3-5-10(7-11(8)14)13(15)12-6-4-9(2)16-12/h3,5,7,9,12H,4,6H2,1-2H3. The number of Topliss-reactive ketones (excluding diaryl/α,β-unsaturated/α-hetero) is 1. The average molecular weight is 239 g/mol. The Morgan fingerprint density at radius 3 is 2.75 bits per heavy atom. The van der Waals surface area contributed by atoms with Crippen molar-refractivity contribution in [2.45, 2.75) is 38.9 Å². The molecule has 2 atom stereocenters. The number of benzene rings is 1. The van der Waals surface area contributed by atoms with Gasteiger partial charge in [0.05, 0.1) is 6.10 Å². The van der Waals surface area contributed by atoms with Crippen molar-refractivity contribution >= 4 is 17.4 Å². The number of carbonyl (C=O) groups is 1. The van der Waals surface area contributed by atoms with Crippen molar-refractivity contribution in [3.8, 4) is 0 Å². The van der Waals surface area contributed by atoms with Crippen LogP contribution < -0.4 is 0 Å². The summed E-state index contributed by atoms with van der Waals surface area (Å²) in [5, 5.41) is 0.636. The van der Waals surface area contributed by atoms with E-state index >= 15 is 0 Å². The summed E-state index contributed by atoms with van der Waals surface area (Å²) >= 11 is 6.00. The highest BCUT2D eigenvalue weighted by atomic mass is 35.5. The second kappa shape index (κ2) is 4.56. The van der Waals surface area contributed by atoms with Gasteiger partial charge in [0.15, 0.2) is 5.78 Å². The molecule has 1 aromatic carbocycles. The van der Waals surface area contributed by atoms with Crippen LogP contribution in [0.4, 0.5) is 0 Å². The van der Waals surface area contributed by atoms with Gasteiger partial charge in [-0.1, -0.05) is 23.7 Å². The van der Waals surface area contributed by atoms with Crippen LogP contribution in [-0.2, 0) is 4.74 Å². The van der Waals surface area contributed by atoms with E-state index in [1.54, 1.807) is 6.07 Å². The van der Waals surface area contributed by atoms with E-state index in [-0.39, 0.29) is 18.0 Å². The zero-order chi connectivity index (χ0) is 11.7. The predicted molar refractivity (Wildman–Crippen MR) is 64.1 cm³/mol. The largest absolute Gasteiger partial charge is 0.367 e. The fourth-order valence-electron chi connectivity index (χ4n) is 1.93. The molecular weight excluding hydrogens is 224 g/mol. The predicted octanol–water partition coefficient (Wildman–Crippen LogP) is 3.40. The zero-order valence-corrected chi connectivity index (χ0v) is 10.3.